The molecule has 3 N–H and O–H groups in total. The zero-order valence-electron chi connectivity index (χ0n) is 8.79. The Hall–Kier alpha value is -2.45. The Labute approximate surface area is 95.8 Å². The molecule has 0 aliphatic carbocycles. The minimum Gasteiger partial charge on any atom is -0.368 e. The van der Waals surface area contributed by atoms with Crippen LogP contribution in [0.1, 0.15) is 0 Å². The lowest BCUT2D eigenvalue weighted by molar-refractivity contribution is -0.384. The van der Waals surface area contributed by atoms with Gasteiger partial charge in [-0.3, -0.25) is 14.9 Å². The molecule has 1 aromatic heterocycles. The number of nitrogen functional groups attached to an aromatic ring is 1. The number of hydrogen-bond acceptors (Lipinski definition) is 7. The molecule has 0 atom stereocenters. The highest BCUT2D eigenvalue weighted by molar-refractivity contribution is 5.83. The maximum atomic E-state index is 11.2. The molecular formula is C8H10N6O3. The molecule has 0 radical (unpaired) electrons. The van der Waals surface area contributed by atoms with E-state index in [4.69, 9.17) is 5.73 Å². The van der Waals surface area contributed by atoms with Gasteiger partial charge in [0.2, 0.25) is 17.7 Å². The molecule has 9 nitrogen and oxygen atoms in total. The van der Waals surface area contributed by atoms with Crippen molar-refractivity contribution in [1.82, 2.24) is 15.3 Å². The number of nitrogens with one attached hydrogen (secondary N) is 1. The minimum atomic E-state index is -0.596. The highest BCUT2D eigenvalue weighted by Gasteiger charge is 2.26. The number of nitrogens with zero attached hydrogens (tertiary/aromatic N) is 4. The van der Waals surface area contributed by atoms with Crippen LogP contribution < -0.4 is 16.0 Å². The molecule has 17 heavy (non-hydrogen) atoms. The second kappa shape index (κ2) is 4.20. The predicted molar refractivity (Wildman–Crippen MR) is 58.3 cm³/mol. The van der Waals surface area contributed by atoms with Crippen molar-refractivity contribution in [2.24, 2.45) is 0 Å². The van der Waals surface area contributed by atoms with Crippen LogP contribution in [-0.4, -0.2) is 40.4 Å². The quantitative estimate of drug-likeness (QED) is 0.494. The molecule has 9 heteroatoms. The molecule has 1 aliphatic heterocycles. The molecule has 1 fully saturated rings. The molecule has 1 aliphatic rings. The number of piperazine rings is 1. The Bertz CT molecular complexity index is 476. The third-order valence-corrected chi connectivity index (χ3v) is 2.30. The van der Waals surface area contributed by atoms with Gasteiger partial charge in [-0.1, -0.05) is 0 Å². The summed E-state index contributed by atoms with van der Waals surface area (Å²) in [6.07, 6.45) is 1.05. The van der Waals surface area contributed by atoms with Crippen LogP contribution in [0.3, 0.4) is 0 Å². The van der Waals surface area contributed by atoms with Crippen molar-refractivity contribution in [3.8, 4) is 0 Å². The summed E-state index contributed by atoms with van der Waals surface area (Å²) in [6.45, 7) is 0.889. The van der Waals surface area contributed by atoms with Gasteiger partial charge < -0.3 is 16.0 Å². The van der Waals surface area contributed by atoms with E-state index in [1.807, 2.05) is 0 Å². The van der Waals surface area contributed by atoms with Crippen LogP contribution in [0.5, 0.6) is 0 Å². The summed E-state index contributed by atoms with van der Waals surface area (Å²) in [6, 6.07) is 0. The maximum absolute atomic E-state index is 11.2. The van der Waals surface area contributed by atoms with Gasteiger partial charge in [-0.05, 0) is 0 Å². The Balaban J connectivity index is 2.38. The Morgan fingerprint density at radius 2 is 2.35 bits per heavy atom. The molecule has 0 bridgehead atoms. The van der Waals surface area contributed by atoms with Crippen molar-refractivity contribution in [3.63, 3.8) is 0 Å². The Morgan fingerprint density at radius 1 is 1.59 bits per heavy atom. The zero-order chi connectivity index (χ0) is 12.4. The van der Waals surface area contributed by atoms with Crippen molar-refractivity contribution < 1.29 is 9.72 Å². The summed E-state index contributed by atoms with van der Waals surface area (Å²) in [5, 5.41) is 13.4. The van der Waals surface area contributed by atoms with E-state index in [2.05, 4.69) is 15.3 Å². The number of anilines is 2. The number of nitro groups is 1. The second-order valence-electron chi connectivity index (χ2n) is 3.47. The number of hydrogen-bond donors (Lipinski definition) is 2. The molecular weight excluding hydrogens is 228 g/mol. The van der Waals surface area contributed by atoms with Crippen LogP contribution in [0.25, 0.3) is 0 Å². The van der Waals surface area contributed by atoms with E-state index in [1.54, 1.807) is 0 Å². The van der Waals surface area contributed by atoms with Crippen LogP contribution >= 0.6 is 0 Å². The Kier molecular flexibility index (Phi) is 2.73. The zero-order valence-corrected chi connectivity index (χ0v) is 8.79. The van der Waals surface area contributed by atoms with E-state index in [1.165, 1.54) is 4.90 Å². The molecule has 1 saturated heterocycles. The van der Waals surface area contributed by atoms with Gasteiger partial charge in [0.15, 0.2) is 0 Å². The molecule has 0 aromatic carbocycles. The number of nitrogens with two attached hydrogens (primary N) is 1. The molecule has 90 valence electrons. The lowest BCUT2D eigenvalue weighted by Gasteiger charge is -2.26. The van der Waals surface area contributed by atoms with Crippen molar-refractivity contribution in [2.45, 2.75) is 0 Å². The van der Waals surface area contributed by atoms with Gasteiger partial charge >= 0.3 is 5.69 Å². The summed E-state index contributed by atoms with van der Waals surface area (Å²) in [4.78, 5) is 30.3. The van der Waals surface area contributed by atoms with E-state index in [9.17, 15) is 14.9 Å². The largest absolute Gasteiger partial charge is 0.368 e. The van der Waals surface area contributed by atoms with Gasteiger partial charge in [-0.2, -0.15) is 4.98 Å². The summed E-state index contributed by atoms with van der Waals surface area (Å²) < 4.78 is 0. The third-order valence-electron chi connectivity index (χ3n) is 2.30. The van der Waals surface area contributed by atoms with Gasteiger partial charge in [-0.15, -0.1) is 0 Å². The molecule has 0 saturated carbocycles. The summed E-state index contributed by atoms with van der Waals surface area (Å²) in [5.74, 6) is -0.184. The van der Waals surface area contributed by atoms with Crippen LogP contribution in [0, 0.1) is 10.1 Å². The lowest BCUT2D eigenvalue weighted by Crippen LogP contribution is -2.48. The van der Waals surface area contributed by atoms with Crippen molar-refractivity contribution >= 4 is 23.4 Å². The highest BCUT2D eigenvalue weighted by Crippen LogP contribution is 2.25. The minimum absolute atomic E-state index is 0.0251. The number of carbonyl (C=O) groups is 1. The smallest absolute Gasteiger partial charge is 0.329 e. The van der Waals surface area contributed by atoms with Gasteiger partial charge in [0.05, 0.1) is 11.5 Å². The third kappa shape index (κ3) is 2.22. The predicted octanol–water partition coefficient (Wildman–Crippen LogP) is -1.10. The average molecular weight is 238 g/mol. The molecule has 2 rings (SSSR count). The van der Waals surface area contributed by atoms with Gasteiger partial charge in [0.25, 0.3) is 0 Å². The van der Waals surface area contributed by atoms with Crippen molar-refractivity contribution in [2.75, 3.05) is 30.3 Å². The second-order valence-corrected chi connectivity index (χ2v) is 3.47. The van der Waals surface area contributed by atoms with E-state index in [0.29, 0.717) is 13.1 Å². The molecule has 0 spiro atoms. The van der Waals surface area contributed by atoms with Crippen LogP contribution in [0.15, 0.2) is 6.20 Å². The summed E-state index contributed by atoms with van der Waals surface area (Å²) in [7, 11) is 0. The normalized spacial score (nSPS) is 15.5. The number of amides is 1. The fourth-order valence-electron chi connectivity index (χ4n) is 1.56. The highest BCUT2D eigenvalue weighted by atomic mass is 16.6. The molecule has 1 amide bonds. The van der Waals surface area contributed by atoms with E-state index < -0.39 is 4.92 Å². The van der Waals surface area contributed by atoms with Crippen LogP contribution in [-0.2, 0) is 4.79 Å². The van der Waals surface area contributed by atoms with E-state index >= 15 is 0 Å². The standard InChI is InChI=1S/C8H10N6O3/c9-8-11-3-5(14(16)17)7(12-8)13-2-1-10-6(15)4-13/h3H,1-2,4H2,(H,10,15)(H2,9,11,12). The first-order valence-electron chi connectivity index (χ1n) is 4.86. The topological polar surface area (TPSA) is 127 Å². The van der Waals surface area contributed by atoms with Gasteiger partial charge in [0, 0.05) is 13.1 Å². The maximum Gasteiger partial charge on any atom is 0.329 e. The van der Waals surface area contributed by atoms with Crippen LogP contribution in [0.4, 0.5) is 17.5 Å². The van der Waals surface area contributed by atoms with E-state index in [-0.39, 0.29) is 29.9 Å². The van der Waals surface area contributed by atoms with E-state index in [0.717, 1.165) is 6.20 Å². The number of aromatic nitrogens is 2. The lowest BCUT2D eigenvalue weighted by atomic mass is 10.3. The van der Waals surface area contributed by atoms with Crippen molar-refractivity contribution in [1.29, 1.82) is 0 Å². The molecule has 0 unspecified atom stereocenters. The number of carbonyl (C=O) groups excluding carboxylic acids is 1. The first-order chi connectivity index (χ1) is 8.08. The fourth-order valence-corrected chi connectivity index (χ4v) is 1.56. The first-order valence-corrected chi connectivity index (χ1v) is 4.86. The summed E-state index contributed by atoms with van der Waals surface area (Å²) >= 11 is 0. The fraction of sp³-hybridized carbons (Fsp3) is 0.375. The first kappa shape index (κ1) is 11.0. The molecule has 1 aromatic rings. The average Bonchev–Trinajstić information content (AvgIpc) is 2.28. The van der Waals surface area contributed by atoms with Crippen molar-refractivity contribution in [3.05, 3.63) is 16.3 Å². The molecule has 2 heterocycles. The monoisotopic (exact) mass is 238 g/mol. The Morgan fingerprint density at radius 3 is 3.00 bits per heavy atom. The number of rotatable bonds is 2. The van der Waals surface area contributed by atoms with Crippen LogP contribution in [0.2, 0.25) is 0 Å². The SMILES string of the molecule is Nc1ncc([N+](=O)[O-])c(N2CCNC(=O)C2)n1. The van der Waals surface area contributed by atoms with Gasteiger partial charge in [0.1, 0.15) is 6.20 Å². The van der Waals surface area contributed by atoms with Gasteiger partial charge in [-0.25, -0.2) is 4.98 Å². The summed E-state index contributed by atoms with van der Waals surface area (Å²) in [5.41, 5.74) is 5.14.